The summed E-state index contributed by atoms with van der Waals surface area (Å²) in [5.74, 6) is 1.22. The molecule has 0 aromatic carbocycles. The molecule has 0 radical (unpaired) electrons. The molecule has 3 heterocycles. The Balaban J connectivity index is 2.01. The van der Waals surface area contributed by atoms with Gasteiger partial charge in [0, 0.05) is 50.9 Å². The van der Waals surface area contributed by atoms with Crippen molar-refractivity contribution in [2.75, 3.05) is 0 Å². The van der Waals surface area contributed by atoms with Gasteiger partial charge in [-0.3, -0.25) is 0 Å². The van der Waals surface area contributed by atoms with Gasteiger partial charge in [0.2, 0.25) is 0 Å². The monoisotopic (exact) mass is 542 g/mol. The smallest absolute Gasteiger partial charge is 0.0143 e. The molecule has 3 aromatic heterocycles. The van der Waals surface area contributed by atoms with Crippen molar-refractivity contribution in [3.8, 4) is 0 Å². The molecular formula is C33H50S3. The quantitative estimate of drug-likeness (QED) is 0.252. The summed E-state index contributed by atoms with van der Waals surface area (Å²) >= 11 is 6.11. The molecule has 3 rings (SSSR count). The van der Waals surface area contributed by atoms with E-state index in [0.717, 1.165) is 0 Å². The minimum Gasteiger partial charge on any atom is -0.144 e. The molecular weight excluding hydrogens is 493 g/mol. The number of thiophene rings is 3. The summed E-state index contributed by atoms with van der Waals surface area (Å²) in [5.41, 5.74) is 3.06. The van der Waals surface area contributed by atoms with Crippen LogP contribution in [0.5, 0.6) is 0 Å². The molecule has 0 N–H and O–H groups in total. The summed E-state index contributed by atoms with van der Waals surface area (Å²) in [6.45, 7) is 33.6. The van der Waals surface area contributed by atoms with Gasteiger partial charge in [0.15, 0.2) is 0 Å². The Labute approximate surface area is 234 Å². The summed E-state index contributed by atoms with van der Waals surface area (Å²) in [6.07, 6.45) is 1.20. The number of rotatable bonds is 9. The fourth-order valence-electron chi connectivity index (χ4n) is 5.18. The van der Waals surface area contributed by atoms with Gasteiger partial charge < -0.3 is 0 Å². The largest absolute Gasteiger partial charge is 0.144 e. The minimum atomic E-state index is 0.0299. The van der Waals surface area contributed by atoms with Crippen molar-refractivity contribution in [3.63, 3.8) is 0 Å². The molecule has 1 atom stereocenters. The lowest BCUT2D eigenvalue weighted by molar-refractivity contribution is 0.311. The van der Waals surface area contributed by atoms with E-state index in [4.69, 9.17) is 0 Å². The van der Waals surface area contributed by atoms with Crippen molar-refractivity contribution in [2.45, 2.75) is 137 Å². The van der Waals surface area contributed by atoms with Crippen LogP contribution in [0.2, 0.25) is 0 Å². The molecule has 0 bridgehead atoms. The second-order valence-corrected chi connectivity index (χ2v) is 16.7. The maximum Gasteiger partial charge on any atom is 0.0143 e. The van der Waals surface area contributed by atoms with Crippen LogP contribution in [0.25, 0.3) is 0 Å². The highest BCUT2D eigenvalue weighted by atomic mass is 32.1. The molecule has 36 heavy (non-hydrogen) atoms. The summed E-state index contributed by atoms with van der Waals surface area (Å²) in [4.78, 5) is 9.12. The maximum absolute atomic E-state index is 2.46. The van der Waals surface area contributed by atoms with Crippen molar-refractivity contribution < 1.29 is 0 Å². The lowest BCUT2D eigenvalue weighted by Gasteiger charge is -2.42. The summed E-state index contributed by atoms with van der Waals surface area (Å²) in [7, 11) is 0. The van der Waals surface area contributed by atoms with Crippen molar-refractivity contribution >= 4 is 34.0 Å². The van der Waals surface area contributed by atoms with Crippen molar-refractivity contribution in [2.24, 2.45) is 0 Å². The number of hydrogen-bond donors (Lipinski definition) is 0. The highest BCUT2D eigenvalue weighted by molar-refractivity contribution is 7.13. The summed E-state index contributed by atoms with van der Waals surface area (Å²) in [6, 6.07) is 9.73. The SMILES string of the molecule is CCC(C)c1cc(C)c(C(C)(C)C(C)(C)c2ccc(C(C)(C)C(C)(C)c3sc(C(C)C)cc3C)s2)s1. The minimum absolute atomic E-state index is 0.0299. The van der Waals surface area contributed by atoms with Gasteiger partial charge in [-0.15, -0.1) is 34.0 Å². The summed E-state index contributed by atoms with van der Waals surface area (Å²) in [5, 5.41) is 0. The number of hydrogen-bond acceptors (Lipinski definition) is 3. The molecule has 0 amide bonds. The fraction of sp³-hybridized carbons (Fsp3) is 0.636. The Bertz CT molecular complexity index is 1190. The van der Waals surface area contributed by atoms with Crippen LogP contribution >= 0.6 is 34.0 Å². The molecule has 0 fully saturated rings. The van der Waals surface area contributed by atoms with E-state index in [1.807, 2.05) is 34.0 Å². The van der Waals surface area contributed by atoms with Crippen LogP contribution in [-0.4, -0.2) is 0 Å². The van der Waals surface area contributed by atoms with Crippen LogP contribution in [0, 0.1) is 13.8 Å². The van der Waals surface area contributed by atoms with E-state index >= 15 is 0 Å². The average Bonchev–Trinajstić information content (AvgIpc) is 3.51. The first-order valence-electron chi connectivity index (χ1n) is 13.7. The molecule has 0 nitrogen and oxygen atoms in total. The van der Waals surface area contributed by atoms with Gasteiger partial charge in [-0.25, -0.2) is 0 Å². The van der Waals surface area contributed by atoms with Crippen LogP contribution < -0.4 is 0 Å². The average molecular weight is 543 g/mol. The second kappa shape index (κ2) is 10.0. The predicted molar refractivity (Wildman–Crippen MR) is 167 cm³/mol. The highest BCUT2D eigenvalue weighted by Gasteiger charge is 2.46. The van der Waals surface area contributed by atoms with Crippen LogP contribution in [0.1, 0.15) is 142 Å². The number of aryl methyl sites for hydroxylation is 2. The zero-order valence-electron chi connectivity index (χ0n) is 25.4. The lowest BCUT2D eigenvalue weighted by atomic mass is 9.65. The zero-order chi connectivity index (χ0) is 27.4. The molecule has 0 saturated heterocycles. The first-order chi connectivity index (χ1) is 16.4. The Morgan fingerprint density at radius 2 is 1.00 bits per heavy atom. The van der Waals surface area contributed by atoms with Crippen molar-refractivity contribution in [1.29, 1.82) is 0 Å². The third-order valence-electron chi connectivity index (χ3n) is 9.64. The Morgan fingerprint density at radius 1 is 0.611 bits per heavy atom. The third-order valence-corrected chi connectivity index (χ3v) is 15.0. The van der Waals surface area contributed by atoms with Crippen LogP contribution in [0.15, 0.2) is 24.3 Å². The molecule has 0 aliphatic heterocycles. The van der Waals surface area contributed by atoms with Gasteiger partial charge in [-0.05, 0) is 67.5 Å². The van der Waals surface area contributed by atoms with Gasteiger partial charge in [-0.1, -0.05) is 83.1 Å². The standard InChI is InChI=1S/C33H50S3/c1-15-21(4)25-19-23(6)29(35-25)33(13,14)31(9,10)27-17-16-26(36-27)30(7,8)32(11,12)28-22(5)18-24(34-28)20(2)3/h16-21H,15H2,1-14H3. The van der Waals surface area contributed by atoms with E-state index in [9.17, 15) is 0 Å². The second-order valence-electron chi connectivity index (χ2n) is 13.4. The van der Waals surface area contributed by atoms with E-state index < -0.39 is 0 Å². The van der Waals surface area contributed by atoms with Gasteiger partial charge >= 0.3 is 0 Å². The molecule has 3 heteroatoms. The van der Waals surface area contributed by atoms with Crippen LogP contribution in [0.4, 0.5) is 0 Å². The molecule has 200 valence electrons. The molecule has 0 aliphatic rings. The van der Waals surface area contributed by atoms with Crippen molar-refractivity contribution in [3.05, 3.63) is 64.7 Å². The molecule has 0 saturated carbocycles. The topological polar surface area (TPSA) is 0 Å². The highest BCUT2D eigenvalue weighted by Crippen LogP contribution is 2.54. The molecule has 0 spiro atoms. The molecule has 1 unspecified atom stereocenters. The normalized spacial score (nSPS) is 14.6. The fourth-order valence-corrected chi connectivity index (χ4v) is 9.71. The Kier molecular flexibility index (Phi) is 8.24. The van der Waals surface area contributed by atoms with Gasteiger partial charge in [-0.2, -0.15) is 0 Å². The van der Waals surface area contributed by atoms with Gasteiger partial charge in [0.1, 0.15) is 0 Å². The van der Waals surface area contributed by atoms with Crippen LogP contribution in [-0.2, 0) is 21.7 Å². The Morgan fingerprint density at radius 3 is 1.36 bits per heavy atom. The van der Waals surface area contributed by atoms with E-state index in [0.29, 0.717) is 11.8 Å². The zero-order valence-corrected chi connectivity index (χ0v) is 27.8. The maximum atomic E-state index is 2.46. The summed E-state index contributed by atoms with van der Waals surface area (Å²) < 4.78 is 0. The first kappa shape index (κ1) is 29.7. The first-order valence-corrected chi connectivity index (χ1v) is 16.2. The van der Waals surface area contributed by atoms with E-state index in [-0.39, 0.29) is 21.7 Å². The van der Waals surface area contributed by atoms with Crippen molar-refractivity contribution in [1.82, 2.24) is 0 Å². The van der Waals surface area contributed by atoms with Gasteiger partial charge in [0.25, 0.3) is 0 Å². The van der Waals surface area contributed by atoms with E-state index in [2.05, 4.69) is 121 Å². The predicted octanol–water partition coefficient (Wildman–Crippen LogP) is 11.6. The van der Waals surface area contributed by atoms with E-state index in [1.54, 1.807) is 4.88 Å². The van der Waals surface area contributed by atoms with Crippen LogP contribution in [0.3, 0.4) is 0 Å². The third kappa shape index (κ3) is 4.82. The lowest BCUT2D eigenvalue weighted by Crippen LogP contribution is -2.40. The Hall–Kier alpha value is -0.900. The molecule has 3 aromatic rings. The van der Waals surface area contributed by atoms with Gasteiger partial charge in [0.05, 0.1) is 0 Å². The van der Waals surface area contributed by atoms with E-state index in [1.165, 1.54) is 41.9 Å². The molecule has 0 aliphatic carbocycles.